The highest BCUT2D eigenvalue weighted by atomic mass is 127. The number of aliphatic imine (C=N–C) groups is 1. The number of hydrogen-bond acceptors (Lipinski definition) is 4. The quantitative estimate of drug-likeness (QED) is 0.241. The third kappa shape index (κ3) is 9.51. The Hall–Kier alpha value is -1.22. The molecule has 2 rings (SSSR count). The molecule has 0 aromatic heterocycles. The highest BCUT2D eigenvalue weighted by Crippen LogP contribution is 2.16. The van der Waals surface area contributed by atoms with Crippen molar-refractivity contribution in [2.24, 2.45) is 10.9 Å². The molecule has 6 nitrogen and oxygen atoms in total. The summed E-state index contributed by atoms with van der Waals surface area (Å²) in [6.07, 6.45) is 4.08. The lowest BCUT2D eigenvalue weighted by molar-refractivity contribution is 0.201. The summed E-state index contributed by atoms with van der Waals surface area (Å²) in [6.45, 7) is 8.16. The Bertz CT molecular complexity index is 533. The van der Waals surface area contributed by atoms with E-state index in [-0.39, 0.29) is 24.0 Å². The van der Waals surface area contributed by atoms with E-state index in [2.05, 4.69) is 27.4 Å². The largest absolute Gasteiger partial charge is 0.497 e. The number of nitrogens with one attached hydrogen (secondary N) is 2. The Morgan fingerprint density at radius 1 is 1.11 bits per heavy atom. The number of benzene rings is 1. The van der Waals surface area contributed by atoms with Crippen molar-refractivity contribution in [3.05, 3.63) is 24.3 Å². The molecule has 0 amide bonds. The zero-order chi connectivity index (χ0) is 18.6. The maximum Gasteiger partial charge on any atom is 0.191 e. The first-order valence-corrected chi connectivity index (χ1v) is 9.65. The van der Waals surface area contributed by atoms with Crippen LogP contribution in [0.4, 0.5) is 0 Å². The van der Waals surface area contributed by atoms with Gasteiger partial charge in [0, 0.05) is 20.1 Å². The van der Waals surface area contributed by atoms with Gasteiger partial charge in [-0.05, 0) is 56.1 Å². The van der Waals surface area contributed by atoms with Gasteiger partial charge in [0.2, 0.25) is 0 Å². The molecule has 1 saturated heterocycles. The van der Waals surface area contributed by atoms with Crippen molar-refractivity contribution in [3.8, 4) is 11.5 Å². The number of nitrogens with zero attached hydrogens (tertiary/aromatic N) is 2. The molecule has 0 radical (unpaired) electrons. The fraction of sp³-hybridized carbons (Fsp3) is 0.650. The molecule has 154 valence electrons. The Morgan fingerprint density at radius 2 is 1.78 bits per heavy atom. The van der Waals surface area contributed by atoms with Crippen LogP contribution in [0.3, 0.4) is 0 Å². The lowest BCUT2D eigenvalue weighted by atomic mass is 10.1. The molecule has 7 heteroatoms. The Morgan fingerprint density at radius 3 is 2.41 bits per heavy atom. The molecule has 0 bridgehead atoms. The Labute approximate surface area is 181 Å². The number of piperidine rings is 1. The topological polar surface area (TPSA) is 58.1 Å². The SMILES string of the molecule is CN=C(NCCOc1ccc(OC)cc1)NCC(C)CN1CCCCC1.I. The molecule has 0 spiro atoms. The van der Waals surface area contributed by atoms with Crippen molar-refractivity contribution in [1.29, 1.82) is 0 Å². The van der Waals surface area contributed by atoms with Crippen LogP contribution in [-0.2, 0) is 0 Å². The number of guanidine groups is 1. The van der Waals surface area contributed by atoms with E-state index in [1.54, 1.807) is 14.2 Å². The van der Waals surface area contributed by atoms with Crippen molar-refractivity contribution in [3.63, 3.8) is 0 Å². The van der Waals surface area contributed by atoms with E-state index < -0.39 is 0 Å². The molecule has 1 atom stereocenters. The lowest BCUT2D eigenvalue weighted by Gasteiger charge is -2.29. The van der Waals surface area contributed by atoms with Gasteiger partial charge in [0.25, 0.3) is 0 Å². The maximum atomic E-state index is 5.72. The van der Waals surface area contributed by atoms with E-state index in [0.29, 0.717) is 19.1 Å². The zero-order valence-electron chi connectivity index (χ0n) is 16.9. The van der Waals surface area contributed by atoms with Gasteiger partial charge < -0.3 is 25.0 Å². The van der Waals surface area contributed by atoms with Crippen LogP contribution >= 0.6 is 24.0 Å². The van der Waals surface area contributed by atoms with Crippen molar-refractivity contribution in [2.75, 3.05) is 53.5 Å². The summed E-state index contributed by atoms with van der Waals surface area (Å²) in [5.74, 6) is 3.10. The van der Waals surface area contributed by atoms with Gasteiger partial charge in [-0.25, -0.2) is 0 Å². The van der Waals surface area contributed by atoms with Gasteiger partial charge in [0.15, 0.2) is 5.96 Å². The van der Waals surface area contributed by atoms with E-state index in [1.807, 2.05) is 24.3 Å². The van der Waals surface area contributed by atoms with E-state index in [9.17, 15) is 0 Å². The van der Waals surface area contributed by atoms with Crippen LogP contribution in [0, 0.1) is 5.92 Å². The molecule has 1 aromatic carbocycles. The minimum absolute atomic E-state index is 0. The first-order valence-electron chi connectivity index (χ1n) is 9.65. The van der Waals surface area contributed by atoms with E-state index in [0.717, 1.165) is 30.5 Å². The van der Waals surface area contributed by atoms with Crippen LogP contribution < -0.4 is 20.1 Å². The second-order valence-electron chi connectivity index (χ2n) is 6.87. The molecule has 27 heavy (non-hydrogen) atoms. The molecular weight excluding hydrogens is 455 g/mol. The van der Waals surface area contributed by atoms with Crippen molar-refractivity contribution in [1.82, 2.24) is 15.5 Å². The summed E-state index contributed by atoms with van der Waals surface area (Å²) in [6, 6.07) is 7.61. The molecule has 0 aliphatic carbocycles. The average Bonchev–Trinajstić information content (AvgIpc) is 2.68. The van der Waals surface area contributed by atoms with Crippen LogP contribution in [-0.4, -0.2) is 64.3 Å². The van der Waals surface area contributed by atoms with Crippen molar-refractivity contribution in [2.45, 2.75) is 26.2 Å². The van der Waals surface area contributed by atoms with Gasteiger partial charge in [-0.2, -0.15) is 0 Å². The van der Waals surface area contributed by atoms with Crippen LogP contribution in [0.2, 0.25) is 0 Å². The summed E-state index contributed by atoms with van der Waals surface area (Å²) in [4.78, 5) is 6.86. The summed E-state index contributed by atoms with van der Waals surface area (Å²) < 4.78 is 10.9. The highest BCUT2D eigenvalue weighted by molar-refractivity contribution is 14.0. The van der Waals surface area contributed by atoms with Gasteiger partial charge in [0.05, 0.1) is 13.7 Å². The number of likely N-dealkylation sites (tertiary alicyclic amines) is 1. The second kappa shape index (κ2) is 13.9. The fourth-order valence-electron chi connectivity index (χ4n) is 3.15. The van der Waals surface area contributed by atoms with Gasteiger partial charge in [0.1, 0.15) is 18.1 Å². The normalized spacial score (nSPS) is 16.2. The average molecular weight is 490 g/mol. The molecule has 2 N–H and O–H groups in total. The van der Waals surface area contributed by atoms with Gasteiger partial charge in [-0.1, -0.05) is 13.3 Å². The molecule has 1 heterocycles. The third-order valence-corrected chi connectivity index (χ3v) is 4.58. The first-order chi connectivity index (χ1) is 12.7. The fourth-order valence-corrected chi connectivity index (χ4v) is 3.15. The van der Waals surface area contributed by atoms with Gasteiger partial charge in [-0.15, -0.1) is 24.0 Å². The van der Waals surface area contributed by atoms with Gasteiger partial charge >= 0.3 is 0 Å². The van der Waals surface area contributed by atoms with E-state index in [1.165, 1.54) is 32.4 Å². The summed E-state index contributed by atoms with van der Waals surface area (Å²) >= 11 is 0. The predicted molar refractivity (Wildman–Crippen MR) is 123 cm³/mol. The van der Waals surface area contributed by atoms with Crippen LogP contribution in [0.1, 0.15) is 26.2 Å². The minimum Gasteiger partial charge on any atom is -0.497 e. The molecule has 0 saturated carbocycles. The van der Waals surface area contributed by atoms with Crippen LogP contribution in [0.25, 0.3) is 0 Å². The molecule has 1 aliphatic heterocycles. The number of ether oxygens (including phenoxy) is 2. The Kier molecular flexibility index (Phi) is 12.2. The molecule has 1 unspecified atom stereocenters. The standard InChI is InChI=1S/C20H34N4O2.HI/c1-17(16-24-12-5-4-6-13-24)15-23-20(21-2)22-11-14-26-19-9-7-18(25-3)8-10-19;/h7-10,17H,4-6,11-16H2,1-3H3,(H2,21,22,23);1H. The van der Waals surface area contributed by atoms with Crippen molar-refractivity contribution >= 4 is 29.9 Å². The number of methoxy groups -OCH3 is 1. The molecular formula is C20H35IN4O2. The van der Waals surface area contributed by atoms with E-state index in [4.69, 9.17) is 9.47 Å². The maximum absolute atomic E-state index is 5.72. The summed E-state index contributed by atoms with van der Waals surface area (Å²) in [5, 5.41) is 6.71. The highest BCUT2D eigenvalue weighted by Gasteiger charge is 2.13. The zero-order valence-corrected chi connectivity index (χ0v) is 19.2. The minimum atomic E-state index is 0. The third-order valence-electron chi connectivity index (χ3n) is 4.58. The number of hydrogen-bond donors (Lipinski definition) is 2. The van der Waals surface area contributed by atoms with E-state index >= 15 is 0 Å². The van der Waals surface area contributed by atoms with Crippen LogP contribution in [0.15, 0.2) is 29.3 Å². The van der Waals surface area contributed by atoms with Gasteiger partial charge in [-0.3, -0.25) is 4.99 Å². The molecule has 1 fully saturated rings. The van der Waals surface area contributed by atoms with Crippen molar-refractivity contribution < 1.29 is 9.47 Å². The summed E-state index contributed by atoms with van der Waals surface area (Å²) in [7, 11) is 3.46. The molecule has 1 aromatic rings. The Balaban J connectivity index is 0.00000364. The predicted octanol–water partition coefficient (Wildman–Crippen LogP) is 2.98. The first kappa shape index (κ1) is 23.8. The monoisotopic (exact) mass is 490 g/mol. The lowest BCUT2D eigenvalue weighted by Crippen LogP contribution is -2.43. The van der Waals surface area contributed by atoms with Crippen LogP contribution in [0.5, 0.6) is 11.5 Å². The summed E-state index contributed by atoms with van der Waals surface area (Å²) in [5.41, 5.74) is 0. The number of rotatable bonds is 9. The molecule has 1 aliphatic rings. The smallest absolute Gasteiger partial charge is 0.191 e. The second-order valence-corrected chi connectivity index (χ2v) is 6.87. The number of halogens is 1.